The minimum Gasteiger partial charge on any atom is -0.497 e. The van der Waals surface area contributed by atoms with E-state index in [0.717, 1.165) is 11.3 Å². The van der Waals surface area contributed by atoms with Gasteiger partial charge >= 0.3 is 5.97 Å². The van der Waals surface area contributed by atoms with Crippen LogP contribution in [0.3, 0.4) is 0 Å². The predicted octanol–water partition coefficient (Wildman–Crippen LogP) is 4.63. The number of nitriles is 1. The molecule has 1 amide bonds. The van der Waals surface area contributed by atoms with Gasteiger partial charge in [-0.1, -0.05) is 43.0 Å². The number of methoxy groups -OCH3 is 1. The van der Waals surface area contributed by atoms with Gasteiger partial charge in [0.1, 0.15) is 27.5 Å². The van der Waals surface area contributed by atoms with E-state index in [1.807, 2.05) is 31.2 Å². The Morgan fingerprint density at radius 3 is 2.46 bits per heavy atom. The van der Waals surface area contributed by atoms with E-state index in [1.165, 1.54) is 11.8 Å². The van der Waals surface area contributed by atoms with Gasteiger partial charge in [0.25, 0.3) is 11.5 Å². The van der Waals surface area contributed by atoms with Crippen LogP contribution in [-0.4, -0.2) is 52.5 Å². The van der Waals surface area contributed by atoms with Crippen molar-refractivity contribution in [2.75, 3.05) is 31.7 Å². The molecule has 0 N–H and O–H groups in total. The minimum absolute atomic E-state index is 0.0589. The molecule has 2 aliphatic heterocycles. The quantitative estimate of drug-likeness (QED) is 0.234. The zero-order valence-corrected chi connectivity index (χ0v) is 25.4. The SMILES string of the molecule is CCCn1c(N2CCC(C(=O)OCC)CC2)c(/C=C2/SC(=S)N(Cc3ccc(OC)cc3)C2=O)c(C)c(C#N)c1=O. The number of thiocarbonyl (C=S) groups is 1. The standard InChI is InChI=1S/C30H34N4O5S2/c1-5-13-33-26(32-14-11-21(12-15-32)29(37)39-6-2)23(19(3)24(17-31)27(33)35)16-25-28(36)34(30(40)41-25)18-20-7-9-22(38-4)10-8-20/h7-10,16,21H,5-6,11-15,18H2,1-4H3/b25-16+. The molecule has 4 rings (SSSR count). The fourth-order valence-corrected chi connectivity index (χ4v) is 6.42. The summed E-state index contributed by atoms with van der Waals surface area (Å²) in [5, 5.41) is 9.90. The van der Waals surface area contributed by atoms with E-state index < -0.39 is 0 Å². The van der Waals surface area contributed by atoms with Crippen molar-refractivity contribution < 1.29 is 19.1 Å². The van der Waals surface area contributed by atoms with Gasteiger partial charge in [-0.05, 0) is 62.4 Å². The average molecular weight is 595 g/mol. The van der Waals surface area contributed by atoms with Gasteiger partial charge in [-0.2, -0.15) is 5.26 Å². The van der Waals surface area contributed by atoms with Crippen LogP contribution in [0.2, 0.25) is 0 Å². The molecule has 1 aromatic heterocycles. The van der Waals surface area contributed by atoms with Crippen molar-refractivity contribution in [2.45, 2.75) is 53.1 Å². The van der Waals surface area contributed by atoms with Crippen molar-refractivity contribution in [3.05, 3.63) is 61.8 Å². The van der Waals surface area contributed by atoms with E-state index >= 15 is 0 Å². The topological polar surface area (TPSA) is 105 Å². The highest BCUT2D eigenvalue weighted by atomic mass is 32.2. The normalized spacial score (nSPS) is 16.8. The Morgan fingerprint density at radius 2 is 1.88 bits per heavy atom. The molecule has 1 aromatic carbocycles. The second kappa shape index (κ2) is 13.4. The molecule has 0 spiro atoms. The summed E-state index contributed by atoms with van der Waals surface area (Å²) in [4.78, 5) is 43.5. The van der Waals surface area contributed by atoms with Crippen LogP contribution in [-0.2, 0) is 27.4 Å². The maximum Gasteiger partial charge on any atom is 0.309 e. The van der Waals surface area contributed by atoms with Crippen molar-refractivity contribution in [1.82, 2.24) is 9.47 Å². The van der Waals surface area contributed by atoms with Crippen LogP contribution < -0.4 is 15.2 Å². The Labute approximate surface area is 249 Å². The smallest absolute Gasteiger partial charge is 0.309 e. The van der Waals surface area contributed by atoms with E-state index in [9.17, 15) is 19.6 Å². The third-order valence-electron chi connectivity index (χ3n) is 7.36. The average Bonchev–Trinajstić information content (AvgIpc) is 3.24. The number of benzene rings is 1. The second-order valence-corrected chi connectivity index (χ2v) is 11.6. The van der Waals surface area contributed by atoms with Crippen LogP contribution in [0.1, 0.15) is 55.4 Å². The molecule has 2 aliphatic rings. The minimum atomic E-state index is -0.349. The van der Waals surface area contributed by atoms with Gasteiger partial charge in [0, 0.05) is 25.2 Å². The van der Waals surface area contributed by atoms with Gasteiger partial charge < -0.3 is 14.4 Å². The van der Waals surface area contributed by atoms with Gasteiger partial charge in [-0.3, -0.25) is 23.9 Å². The van der Waals surface area contributed by atoms with Crippen molar-refractivity contribution in [3.63, 3.8) is 0 Å². The highest BCUT2D eigenvalue weighted by molar-refractivity contribution is 8.26. The lowest BCUT2D eigenvalue weighted by Gasteiger charge is -2.35. The fourth-order valence-electron chi connectivity index (χ4n) is 5.18. The number of anilines is 1. The maximum absolute atomic E-state index is 13.6. The molecule has 2 aromatic rings. The molecule has 0 radical (unpaired) electrons. The lowest BCUT2D eigenvalue weighted by atomic mass is 9.95. The summed E-state index contributed by atoms with van der Waals surface area (Å²) in [6.45, 7) is 7.66. The molecule has 9 nitrogen and oxygen atoms in total. The van der Waals surface area contributed by atoms with Crippen molar-refractivity contribution in [3.8, 4) is 11.8 Å². The van der Waals surface area contributed by atoms with E-state index in [-0.39, 0.29) is 28.9 Å². The second-order valence-electron chi connectivity index (χ2n) is 9.94. The summed E-state index contributed by atoms with van der Waals surface area (Å²) < 4.78 is 12.5. The molecular formula is C30H34N4O5S2. The van der Waals surface area contributed by atoms with Crippen molar-refractivity contribution >= 4 is 52.1 Å². The number of ether oxygens (including phenoxy) is 2. The number of nitrogens with zero attached hydrogens (tertiary/aromatic N) is 4. The molecule has 11 heteroatoms. The van der Waals surface area contributed by atoms with Crippen LogP contribution in [0.4, 0.5) is 5.82 Å². The third kappa shape index (κ3) is 6.34. The maximum atomic E-state index is 13.6. The first-order valence-electron chi connectivity index (χ1n) is 13.7. The predicted molar refractivity (Wildman–Crippen MR) is 164 cm³/mol. The van der Waals surface area contributed by atoms with Gasteiger partial charge in [0.15, 0.2) is 0 Å². The highest BCUT2D eigenvalue weighted by Gasteiger charge is 2.34. The molecule has 2 saturated heterocycles. The lowest BCUT2D eigenvalue weighted by molar-refractivity contribution is -0.148. The molecule has 2 fully saturated rings. The summed E-state index contributed by atoms with van der Waals surface area (Å²) in [7, 11) is 1.60. The van der Waals surface area contributed by atoms with Crippen LogP contribution in [0.15, 0.2) is 34.0 Å². The molecule has 216 valence electrons. The van der Waals surface area contributed by atoms with Gasteiger partial charge in [-0.25, -0.2) is 0 Å². The summed E-state index contributed by atoms with van der Waals surface area (Å²) in [5.41, 5.74) is 1.79. The number of piperidine rings is 1. The van der Waals surface area contributed by atoms with Gasteiger partial charge in [-0.15, -0.1) is 0 Å². The fraction of sp³-hybridized carbons (Fsp3) is 0.433. The van der Waals surface area contributed by atoms with Crippen LogP contribution >= 0.6 is 24.0 Å². The molecule has 41 heavy (non-hydrogen) atoms. The number of carbonyl (C=O) groups is 2. The molecule has 0 bridgehead atoms. The van der Waals surface area contributed by atoms with Crippen LogP contribution in [0.25, 0.3) is 6.08 Å². The number of hydrogen-bond acceptors (Lipinski definition) is 9. The summed E-state index contributed by atoms with van der Waals surface area (Å²) in [5.74, 6) is 0.762. The first-order chi connectivity index (χ1) is 19.7. The molecule has 0 saturated carbocycles. The Kier molecular flexibility index (Phi) is 9.89. The summed E-state index contributed by atoms with van der Waals surface area (Å²) in [6.07, 6.45) is 3.62. The zero-order valence-electron chi connectivity index (χ0n) is 23.8. The number of amides is 1. The molecular weight excluding hydrogens is 560 g/mol. The van der Waals surface area contributed by atoms with E-state index in [2.05, 4.69) is 11.0 Å². The number of pyridine rings is 1. The van der Waals surface area contributed by atoms with Gasteiger partial charge in [0.2, 0.25) is 0 Å². The largest absolute Gasteiger partial charge is 0.497 e. The van der Waals surface area contributed by atoms with E-state index in [4.69, 9.17) is 21.7 Å². The highest BCUT2D eigenvalue weighted by Crippen LogP contribution is 2.37. The summed E-state index contributed by atoms with van der Waals surface area (Å²) in [6, 6.07) is 9.54. The van der Waals surface area contributed by atoms with Gasteiger partial charge in [0.05, 0.1) is 31.1 Å². The Bertz CT molecular complexity index is 1470. The molecule has 3 heterocycles. The number of carbonyl (C=O) groups excluding carboxylic acids is 2. The number of thioether (sulfide) groups is 1. The molecule has 0 aliphatic carbocycles. The van der Waals surface area contributed by atoms with E-state index in [1.54, 1.807) is 36.5 Å². The van der Waals surface area contributed by atoms with Crippen molar-refractivity contribution in [1.29, 1.82) is 5.26 Å². The summed E-state index contributed by atoms with van der Waals surface area (Å²) >= 11 is 6.79. The third-order valence-corrected chi connectivity index (χ3v) is 8.73. The number of aromatic nitrogens is 1. The first-order valence-corrected chi connectivity index (χ1v) is 14.9. The zero-order chi connectivity index (χ0) is 29.7. The van der Waals surface area contributed by atoms with Crippen LogP contribution in [0.5, 0.6) is 5.75 Å². The van der Waals surface area contributed by atoms with Crippen molar-refractivity contribution in [2.24, 2.45) is 5.92 Å². The number of rotatable bonds is 9. The monoisotopic (exact) mass is 594 g/mol. The Balaban J connectivity index is 1.73. The first kappa shape index (κ1) is 30.3. The Morgan fingerprint density at radius 1 is 1.20 bits per heavy atom. The van der Waals surface area contributed by atoms with Crippen LogP contribution in [0, 0.1) is 24.2 Å². The lowest BCUT2D eigenvalue weighted by Crippen LogP contribution is -2.41. The van der Waals surface area contributed by atoms with E-state index in [0.29, 0.717) is 78.2 Å². The molecule has 0 unspecified atom stereocenters. The number of esters is 1. The Hall–Kier alpha value is -3.62. The number of hydrogen-bond donors (Lipinski definition) is 0. The molecule has 0 atom stereocenters.